The third-order valence-electron chi connectivity index (χ3n) is 1.55. The van der Waals surface area contributed by atoms with E-state index in [2.05, 4.69) is 11.7 Å². The summed E-state index contributed by atoms with van der Waals surface area (Å²) in [5, 5.41) is 3.85. The fraction of sp³-hybridized carbons (Fsp3) is 0.300. The minimum Gasteiger partial charge on any atom is -0.356 e. The summed E-state index contributed by atoms with van der Waals surface area (Å²) in [6, 6.07) is 0. The molecule has 12 heavy (non-hydrogen) atoms. The molecule has 1 aromatic heterocycles. The van der Waals surface area contributed by atoms with Crippen molar-refractivity contribution in [3.63, 3.8) is 0 Å². The van der Waals surface area contributed by atoms with Gasteiger partial charge in [-0.25, -0.2) is 0 Å². The molecule has 0 fully saturated rings. The lowest BCUT2D eigenvalue weighted by Crippen LogP contribution is -1.77. The molecule has 0 N–H and O–H groups in total. The van der Waals surface area contributed by atoms with Gasteiger partial charge in [-0.05, 0) is 26.8 Å². The highest BCUT2D eigenvalue weighted by Gasteiger charge is 2.06. The van der Waals surface area contributed by atoms with E-state index in [1.165, 1.54) is 5.57 Å². The molecule has 1 aromatic rings. The van der Waals surface area contributed by atoms with Crippen LogP contribution in [0, 0.1) is 6.92 Å². The molecule has 0 spiro atoms. The zero-order valence-electron chi connectivity index (χ0n) is 7.72. The molecular weight excluding hydrogens is 150 g/mol. The summed E-state index contributed by atoms with van der Waals surface area (Å²) in [6.07, 6.45) is 3.72. The highest BCUT2D eigenvalue weighted by atomic mass is 16.5. The fourth-order valence-electron chi connectivity index (χ4n) is 1.01. The van der Waals surface area contributed by atoms with Crippen molar-refractivity contribution in [2.45, 2.75) is 20.8 Å². The van der Waals surface area contributed by atoms with Crippen LogP contribution in [0.4, 0.5) is 0 Å². The van der Waals surface area contributed by atoms with Crippen molar-refractivity contribution < 1.29 is 4.52 Å². The first-order chi connectivity index (χ1) is 5.65. The van der Waals surface area contributed by atoms with Crippen LogP contribution in [0.15, 0.2) is 16.7 Å². The average molecular weight is 163 g/mol. The van der Waals surface area contributed by atoms with Crippen LogP contribution in [-0.4, -0.2) is 5.16 Å². The minimum atomic E-state index is 0.744. The fourth-order valence-corrected chi connectivity index (χ4v) is 1.01. The van der Waals surface area contributed by atoms with E-state index in [9.17, 15) is 0 Å². The van der Waals surface area contributed by atoms with E-state index >= 15 is 0 Å². The Hall–Kier alpha value is -1.31. The molecule has 0 aromatic carbocycles. The predicted octanol–water partition coefficient (Wildman–Crippen LogP) is 3.05. The Balaban J connectivity index is 3.19. The third kappa shape index (κ3) is 1.64. The summed E-state index contributed by atoms with van der Waals surface area (Å²) in [6.45, 7) is 9.65. The van der Waals surface area contributed by atoms with Crippen LogP contribution < -0.4 is 0 Å². The Kier molecular flexibility index (Phi) is 2.48. The van der Waals surface area contributed by atoms with Crippen molar-refractivity contribution in [2.24, 2.45) is 0 Å². The number of allylic oxidation sites excluding steroid dienone is 1. The molecule has 0 atom stereocenters. The zero-order valence-corrected chi connectivity index (χ0v) is 7.72. The Morgan fingerprint density at radius 1 is 1.50 bits per heavy atom. The van der Waals surface area contributed by atoms with Crippen molar-refractivity contribution in [3.8, 4) is 0 Å². The zero-order chi connectivity index (χ0) is 9.14. The number of nitrogens with zero attached hydrogens (tertiary/aromatic N) is 1. The standard InChI is InChI=1S/C10H13NO/c1-5-10-9(6-7(2)3)8(4)11-12-10/h5-6H,1H2,2-4H3. The van der Waals surface area contributed by atoms with E-state index in [1.54, 1.807) is 6.08 Å². The third-order valence-corrected chi connectivity index (χ3v) is 1.55. The first-order valence-corrected chi connectivity index (χ1v) is 3.88. The second-order valence-electron chi connectivity index (χ2n) is 2.97. The average Bonchev–Trinajstić information content (AvgIpc) is 2.32. The molecule has 1 heterocycles. The Morgan fingerprint density at radius 2 is 2.17 bits per heavy atom. The van der Waals surface area contributed by atoms with E-state index < -0.39 is 0 Å². The number of aromatic nitrogens is 1. The van der Waals surface area contributed by atoms with Gasteiger partial charge in [-0.2, -0.15) is 0 Å². The number of rotatable bonds is 2. The molecule has 0 saturated heterocycles. The molecule has 0 aliphatic carbocycles. The summed E-state index contributed by atoms with van der Waals surface area (Å²) in [5.41, 5.74) is 3.17. The smallest absolute Gasteiger partial charge is 0.166 e. The normalized spacial score (nSPS) is 9.58. The van der Waals surface area contributed by atoms with Crippen LogP contribution in [0.2, 0.25) is 0 Å². The first kappa shape index (κ1) is 8.78. The number of hydrogen-bond donors (Lipinski definition) is 0. The molecule has 0 aliphatic heterocycles. The minimum absolute atomic E-state index is 0.744. The molecule has 1 rings (SSSR count). The second kappa shape index (κ2) is 3.39. The van der Waals surface area contributed by atoms with Crippen molar-refractivity contribution >= 4 is 12.2 Å². The van der Waals surface area contributed by atoms with Gasteiger partial charge in [-0.3, -0.25) is 0 Å². The van der Waals surface area contributed by atoms with Crippen LogP contribution in [-0.2, 0) is 0 Å². The number of hydrogen-bond acceptors (Lipinski definition) is 2. The van der Waals surface area contributed by atoms with Crippen LogP contribution in [0.25, 0.3) is 12.2 Å². The molecule has 64 valence electrons. The maximum absolute atomic E-state index is 5.03. The first-order valence-electron chi connectivity index (χ1n) is 3.88. The summed E-state index contributed by atoms with van der Waals surface area (Å²) < 4.78 is 5.03. The van der Waals surface area contributed by atoms with Crippen molar-refractivity contribution in [1.29, 1.82) is 0 Å². The summed E-state index contributed by atoms with van der Waals surface area (Å²) in [7, 11) is 0. The Labute approximate surface area is 72.6 Å². The van der Waals surface area contributed by atoms with Gasteiger partial charge in [-0.15, -0.1) is 0 Å². The van der Waals surface area contributed by atoms with Crippen LogP contribution in [0.1, 0.15) is 30.9 Å². The van der Waals surface area contributed by atoms with Crippen molar-refractivity contribution in [1.82, 2.24) is 5.16 Å². The SMILES string of the molecule is C=Cc1onc(C)c1C=C(C)C. The summed E-state index contributed by atoms with van der Waals surface area (Å²) >= 11 is 0. The monoisotopic (exact) mass is 163 g/mol. The van der Waals surface area contributed by atoms with Gasteiger partial charge in [0.2, 0.25) is 0 Å². The van der Waals surface area contributed by atoms with Gasteiger partial charge in [0.05, 0.1) is 5.69 Å². The summed E-state index contributed by atoms with van der Waals surface area (Å²) in [4.78, 5) is 0. The van der Waals surface area contributed by atoms with E-state index in [0.29, 0.717) is 0 Å². The second-order valence-corrected chi connectivity index (χ2v) is 2.97. The lowest BCUT2D eigenvalue weighted by atomic mass is 10.1. The van der Waals surface area contributed by atoms with Crippen LogP contribution in [0.5, 0.6) is 0 Å². The van der Waals surface area contributed by atoms with Gasteiger partial charge >= 0.3 is 0 Å². The molecule has 0 bridgehead atoms. The highest BCUT2D eigenvalue weighted by Crippen LogP contribution is 2.17. The van der Waals surface area contributed by atoms with E-state index in [1.807, 2.05) is 26.8 Å². The Bertz CT molecular complexity index is 317. The molecule has 0 radical (unpaired) electrons. The molecule has 2 nitrogen and oxygen atoms in total. The van der Waals surface area contributed by atoms with E-state index in [0.717, 1.165) is 17.0 Å². The van der Waals surface area contributed by atoms with Crippen LogP contribution in [0.3, 0.4) is 0 Å². The molecule has 0 amide bonds. The maximum atomic E-state index is 5.03. The topological polar surface area (TPSA) is 26.0 Å². The van der Waals surface area contributed by atoms with Gasteiger partial charge in [0.15, 0.2) is 5.76 Å². The van der Waals surface area contributed by atoms with Crippen LogP contribution >= 0.6 is 0 Å². The molecule has 0 saturated carbocycles. The van der Waals surface area contributed by atoms with Gasteiger partial charge in [-0.1, -0.05) is 23.4 Å². The molecule has 2 heteroatoms. The largest absolute Gasteiger partial charge is 0.356 e. The van der Waals surface area contributed by atoms with Crippen molar-refractivity contribution in [2.75, 3.05) is 0 Å². The highest BCUT2D eigenvalue weighted by molar-refractivity contribution is 5.63. The quantitative estimate of drug-likeness (QED) is 0.669. The lowest BCUT2D eigenvalue weighted by Gasteiger charge is -1.91. The molecule has 0 aliphatic rings. The maximum Gasteiger partial charge on any atom is 0.166 e. The van der Waals surface area contributed by atoms with E-state index in [-0.39, 0.29) is 0 Å². The lowest BCUT2D eigenvalue weighted by molar-refractivity contribution is 0.408. The summed E-state index contributed by atoms with van der Waals surface area (Å²) in [5.74, 6) is 0.744. The van der Waals surface area contributed by atoms with E-state index in [4.69, 9.17) is 4.52 Å². The van der Waals surface area contributed by atoms with Gasteiger partial charge in [0, 0.05) is 5.56 Å². The van der Waals surface area contributed by atoms with Crippen molar-refractivity contribution in [3.05, 3.63) is 29.2 Å². The van der Waals surface area contributed by atoms with Gasteiger partial charge in [0.25, 0.3) is 0 Å². The van der Waals surface area contributed by atoms with Gasteiger partial charge in [0.1, 0.15) is 0 Å². The predicted molar refractivity (Wildman–Crippen MR) is 50.7 cm³/mol. The molecular formula is C10H13NO. The van der Waals surface area contributed by atoms with Gasteiger partial charge < -0.3 is 4.52 Å². The molecule has 0 unspecified atom stereocenters. The number of aryl methyl sites for hydroxylation is 1. The Morgan fingerprint density at radius 3 is 2.67 bits per heavy atom.